The van der Waals surface area contributed by atoms with Crippen LogP contribution >= 0.6 is 0 Å². The second kappa shape index (κ2) is 8.99. The second-order valence-corrected chi connectivity index (χ2v) is 9.39. The highest BCUT2D eigenvalue weighted by Gasteiger charge is 2.26. The first-order valence-corrected chi connectivity index (χ1v) is 11.9. The molecule has 164 valence electrons. The number of aromatic nitrogens is 2. The average Bonchev–Trinajstić information content (AvgIpc) is 3.18. The van der Waals surface area contributed by atoms with Crippen LogP contribution in [0.25, 0.3) is 16.5 Å². The Morgan fingerprint density at radius 2 is 1.68 bits per heavy atom. The molecular formula is C26H33FN4. The van der Waals surface area contributed by atoms with Gasteiger partial charge in [0.05, 0.1) is 5.69 Å². The average molecular weight is 421 g/mol. The SMILES string of the molecule is Cc1cc(NCC2CCN(C3CCCCC3)CC2)n(-c2cc3ccccc3cc2F)n1. The Balaban J connectivity index is 1.26. The summed E-state index contributed by atoms with van der Waals surface area (Å²) < 4.78 is 16.6. The van der Waals surface area contributed by atoms with Crippen molar-refractivity contribution in [2.45, 2.75) is 57.9 Å². The van der Waals surface area contributed by atoms with Crippen LogP contribution in [-0.2, 0) is 0 Å². The molecule has 0 atom stereocenters. The van der Waals surface area contributed by atoms with Gasteiger partial charge < -0.3 is 10.2 Å². The molecule has 31 heavy (non-hydrogen) atoms. The quantitative estimate of drug-likeness (QED) is 0.555. The predicted molar refractivity (Wildman–Crippen MR) is 125 cm³/mol. The van der Waals surface area contributed by atoms with E-state index in [1.807, 2.05) is 43.3 Å². The normalized spacial score (nSPS) is 19.2. The van der Waals surface area contributed by atoms with Crippen LogP contribution in [0, 0.1) is 18.7 Å². The summed E-state index contributed by atoms with van der Waals surface area (Å²) in [6, 6.07) is 14.2. The van der Waals surface area contributed by atoms with Gasteiger partial charge in [0.2, 0.25) is 0 Å². The van der Waals surface area contributed by atoms with Crippen LogP contribution in [0.5, 0.6) is 0 Å². The zero-order valence-corrected chi connectivity index (χ0v) is 18.5. The number of anilines is 1. The van der Waals surface area contributed by atoms with E-state index in [1.54, 1.807) is 10.7 Å². The van der Waals surface area contributed by atoms with Gasteiger partial charge in [0, 0.05) is 18.7 Å². The van der Waals surface area contributed by atoms with Crippen LogP contribution in [0.4, 0.5) is 10.2 Å². The van der Waals surface area contributed by atoms with Gasteiger partial charge >= 0.3 is 0 Å². The molecule has 3 aromatic rings. The molecule has 1 N–H and O–H groups in total. The van der Waals surface area contributed by atoms with Gasteiger partial charge in [0.15, 0.2) is 0 Å². The molecule has 4 nitrogen and oxygen atoms in total. The Kier molecular flexibility index (Phi) is 5.95. The minimum Gasteiger partial charge on any atom is -0.370 e. The number of aryl methyl sites for hydroxylation is 1. The maximum absolute atomic E-state index is 14.9. The van der Waals surface area contributed by atoms with E-state index in [4.69, 9.17) is 0 Å². The van der Waals surface area contributed by atoms with Gasteiger partial charge in [-0.05, 0) is 74.5 Å². The Hall–Kier alpha value is -2.40. The molecule has 1 saturated heterocycles. The predicted octanol–water partition coefficient (Wildman–Crippen LogP) is 5.93. The van der Waals surface area contributed by atoms with Gasteiger partial charge in [-0.1, -0.05) is 43.5 Å². The van der Waals surface area contributed by atoms with Crippen LogP contribution in [0.1, 0.15) is 50.6 Å². The molecule has 0 unspecified atom stereocenters. The highest BCUT2D eigenvalue weighted by molar-refractivity contribution is 5.84. The number of hydrogen-bond donors (Lipinski definition) is 1. The lowest BCUT2D eigenvalue weighted by Crippen LogP contribution is -2.43. The van der Waals surface area contributed by atoms with Gasteiger partial charge in [0.25, 0.3) is 0 Å². The van der Waals surface area contributed by atoms with E-state index < -0.39 is 0 Å². The number of hydrogen-bond acceptors (Lipinski definition) is 3. The molecule has 2 heterocycles. The van der Waals surface area contributed by atoms with E-state index >= 15 is 0 Å². The summed E-state index contributed by atoms with van der Waals surface area (Å²) in [5.74, 6) is 1.29. The second-order valence-electron chi connectivity index (χ2n) is 9.39. The fraction of sp³-hybridized carbons (Fsp3) is 0.500. The molecule has 0 radical (unpaired) electrons. The lowest BCUT2D eigenvalue weighted by molar-refractivity contribution is 0.110. The van der Waals surface area contributed by atoms with E-state index in [2.05, 4.69) is 15.3 Å². The standard InChI is InChI=1S/C26H33FN4/c1-19-15-26(28-18-20-11-13-30(14-12-20)23-9-3-2-4-10-23)31(29-19)25-17-22-8-6-5-7-21(22)16-24(25)27/h5-8,15-17,20,23,28H,2-4,9-14,18H2,1H3. The topological polar surface area (TPSA) is 33.1 Å². The maximum Gasteiger partial charge on any atom is 0.149 e. The Morgan fingerprint density at radius 1 is 0.968 bits per heavy atom. The molecule has 2 aromatic carbocycles. The Morgan fingerprint density at radius 3 is 2.42 bits per heavy atom. The van der Waals surface area contributed by atoms with Crippen molar-refractivity contribution in [3.05, 3.63) is 54.0 Å². The van der Waals surface area contributed by atoms with Crippen molar-refractivity contribution in [2.24, 2.45) is 5.92 Å². The number of fused-ring (bicyclic) bond motifs is 1. The fourth-order valence-corrected chi connectivity index (χ4v) is 5.39. The van der Waals surface area contributed by atoms with Crippen molar-refractivity contribution in [1.29, 1.82) is 0 Å². The molecule has 1 aliphatic carbocycles. The number of benzene rings is 2. The van der Waals surface area contributed by atoms with Gasteiger partial charge in [0.1, 0.15) is 17.3 Å². The minimum atomic E-state index is -0.245. The van der Waals surface area contributed by atoms with E-state index in [-0.39, 0.29) is 5.82 Å². The molecule has 1 aliphatic heterocycles. The summed E-state index contributed by atoms with van der Waals surface area (Å²) >= 11 is 0. The van der Waals surface area contributed by atoms with Crippen LogP contribution in [0.2, 0.25) is 0 Å². The van der Waals surface area contributed by atoms with E-state index in [9.17, 15) is 4.39 Å². The van der Waals surface area contributed by atoms with Crippen molar-refractivity contribution in [1.82, 2.24) is 14.7 Å². The first kappa shape index (κ1) is 20.5. The number of piperidine rings is 1. The Bertz CT molecular complexity index is 1030. The van der Waals surface area contributed by atoms with Crippen LogP contribution < -0.4 is 5.32 Å². The van der Waals surface area contributed by atoms with Gasteiger partial charge in [-0.25, -0.2) is 9.07 Å². The molecule has 2 fully saturated rings. The largest absolute Gasteiger partial charge is 0.370 e. The first-order chi connectivity index (χ1) is 15.2. The molecule has 0 amide bonds. The van der Waals surface area contributed by atoms with E-state index in [0.29, 0.717) is 11.6 Å². The molecule has 5 heteroatoms. The molecule has 1 saturated carbocycles. The van der Waals surface area contributed by atoms with E-state index in [1.165, 1.54) is 58.0 Å². The fourth-order valence-electron chi connectivity index (χ4n) is 5.39. The summed E-state index contributed by atoms with van der Waals surface area (Å²) in [4.78, 5) is 2.73. The van der Waals surface area contributed by atoms with Gasteiger partial charge in [-0.2, -0.15) is 5.10 Å². The van der Waals surface area contributed by atoms with Gasteiger partial charge in [-0.3, -0.25) is 0 Å². The van der Waals surface area contributed by atoms with Crippen LogP contribution in [0.3, 0.4) is 0 Å². The third-order valence-corrected chi connectivity index (χ3v) is 7.19. The number of nitrogens with one attached hydrogen (secondary N) is 1. The molecule has 5 rings (SSSR count). The Labute approximate surface area is 184 Å². The monoisotopic (exact) mass is 420 g/mol. The molecule has 2 aliphatic rings. The van der Waals surface area contributed by atoms with Crippen molar-refractivity contribution in [2.75, 3.05) is 25.0 Å². The molecule has 1 aromatic heterocycles. The van der Waals surface area contributed by atoms with Crippen molar-refractivity contribution in [3.8, 4) is 5.69 Å². The summed E-state index contributed by atoms with van der Waals surface area (Å²) in [6.07, 6.45) is 9.47. The lowest BCUT2D eigenvalue weighted by atomic mass is 9.90. The number of halogens is 1. The summed E-state index contributed by atoms with van der Waals surface area (Å²) in [5, 5.41) is 10.1. The van der Waals surface area contributed by atoms with E-state index in [0.717, 1.165) is 34.9 Å². The van der Waals surface area contributed by atoms with Gasteiger partial charge in [-0.15, -0.1) is 0 Å². The number of rotatable bonds is 5. The van der Waals surface area contributed by atoms with Crippen molar-refractivity contribution < 1.29 is 4.39 Å². The van der Waals surface area contributed by atoms with Crippen LogP contribution in [-0.4, -0.2) is 40.4 Å². The number of likely N-dealkylation sites (tertiary alicyclic amines) is 1. The number of nitrogens with zero attached hydrogens (tertiary/aromatic N) is 3. The molecular weight excluding hydrogens is 387 g/mol. The smallest absolute Gasteiger partial charge is 0.149 e. The molecule has 0 bridgehead atoms. The third kappa shape index (κ3) is 4.47. The maximum atomic E-state index is 14.9. The van der Waals surface area contributed by atoms with Crippen molar-refractivity contribution in [3.63, 3.8) is 0 Å². The highest BCUT2D eigenvalue weighted by Crippen LogP contribution is 2.28. The zero-order chi connectivity index (χ0) is 21.2. The summed E-state index contributed by atoms with van der Waals surface area (Å²) in [5.41, 5.74) is 1.39. The summed E-state index contributed by atoms with van der Waals surface area (Å²) in [6.45, 7) is 5.31. The van der Waals surface area contributed by atoms with Crippen LogP contribution in [0.15, 0.2) is 42.5 Å². The van der Waals surface area contributed by atoms with Crippen molar-refractivity contribution >= 4 is 16.6 Å². The minimum absolute atomic E-state index is 0.245. The lowest BCUT2D eigenvalue weighted by Gasteiger charge is -2.39. The zero-order valence-electron chi connectivity index (χ0n) is 18.5. The highest BCUT2D eigenvalue weighted by atomic mass is 19.1. The summed E-state index contributed by atoms with van der Waals surface area (Å²) in [7, 11) is 0. The first-order valence-electron chi connectivity index (χ1n) is 11.9. The molecule has 0 spiro atoms. The third-order valence-electron chi connectivity index (χ3n) is 7.19.